The van der Waals surface area contributed by atoms with Crippen LogP contribution in [0, 0.1) is 0 Å². The molecular weight excluding hydrogens is 398 g/mol. The van der Waals surface area contributed by atoms with E-state index >= 15 is 0 Å². The van der Waals surface area contributed by atoms with Gasteiger partial charge < -0.3 is 26.2 Å². The number of nitrogens with one attached hydrogen (secondary N) is 1. The molecule has 0 aromatic heterocycles. The summed E-state index contributed by atoms with van der Waals surface area (Å²) in [6, 6.07) is 0. The summed E-state index contributed by atoms with van der Waals surface area (Å²) in [5.41, 5.74) is 8.59. The molecule has 8 heteroatoms. The minimum absolute atomic E-state index is 0.123. The SMILES string of the molecule is NC(=O)C1=CCCC=C1C1=CC=C(CNC(=O)C(O)C(O)C(=O)N2CCCC2)C=CC1. The van der Waals surface area contributed by atoms with Crippen LogP contribution in [0.1, 0.15) is 32.1 Å². The van der Waals surface area contributed by atoms with Crippen LogP contribution < -0.4 is 11.1 Å². The van der Waals surface area contributed by atoms with Gasteiger partial charge in [-0.05, 0) is 48.8 Å². The van der Waals surface area contributed by atoms with Gasteiger partial charge in [-0.15, -0.1) is 0 Å². The second kappa shape index (κ2) is 10.4. The van der Waals surface area contributed by atoms with Gasteiger partial charge in [0.25, 0.3) is 11.8 Å². The van der Waals surface area contributed by atoms with E-state index in [4.69, 9.17) is 5.73 Å². The lowest BCUT2D eigenvalue weighted by Gasteiger charge is -2.22. The van der Waals surface area contributed by atoms with Gasteiger partial charge in [-0.1, -0.05) is 36.5 Å². The average molecular weight is 428 g/mol. The van der Waals surface area contributed by atoms with Gasteiger partial charge in [0.15, 0.2) is 12.2 Å². The van der Waals surface area contributed by atoms with E-state index in [0.717, 1.165) is 42.4 Å². The molecule has 31 heavy (non-hydrogen) atoms. The van der Waals surface area contributed by atoms with Crippen molar-refractivity contribution in [3.63, 3.8) is 0 Å². The molecule has 0 spiro atoms. The molecule has 0 aromatic rings. The van der Waals surface area contributed by atoms with Gasteiger partial charge in [0.05, 0.1) is 0 Å². The smallest absolute Gasteiger partial charge is 0.254 e. The van der Waals surface area contributed by atoms with Gasteiger partial charge in [-0.25, -0.2) is 0 Å². The molecule has 0 bridgehead atoms. The maximum absolute atomic E-state index is 12.2. The lowest BCUT2D eigenvalue weighted by atomic mass is 9.89. The molecule has 0 saturated carbocycles. The molecule has 8 nitrogen and oxygen atoms in total. The van der Waals surface area contributed by atoms with Crippen molar-refractivity contribution < 1.29 is 24.6 Å². The van der Waals surface area contributed by atoms with Crippen LogP contribution in [0.25, 0.3) is 0 Å². The zero-order chi connectivity index (χ0) is 22.4. The van der Waals surface area contributed by atoms with Gasteiger partial charge in [0.1, 0.15) is 0 Å². The highest BCUT2D eigenvalue weighted by Gasteiger charge is 2.34. The molecule has 1 saturated heterocycles. The molecule has 0 aromatic carbocycles. The predicted molar refractivity (Wildman–Crippen MR) is 115 cm³/mol. The fourth-order valence-corrected chi connectivity index (χ4v) is 3.90. The van der Waals surface area contributed by atoms with Crippen molar-refractivity contribution in [2.24, 2.45) is 5.73 Å². The second-order valence-electron chi connectivity index (χ2n) is 7.86. The van der Waals surface area contributed by atoms with E-state index in [1.165, 1.54) is 4.90 Å². The van der Waals surface area contributed by atoms with Crippen molar-refractivity contribution in [3.05, 3.63) is 58.7 Å². The number of hydrogen-bond acceptors (Lipinski definition) is 5. The topological polar surface area (TPSA) is 133 Å². The zero-order valence-electron chi connectivity index (χ0n) is 17.4. The molecule has 1 fully saturated rings. The minimum atomic E-state index is -1.83. The van der Waals surface area contributed by atoms with E-state index in [9.17, 15) is 24.6 Å². The number of primary amides is 1. The third kappa shape index (κ3) is 5.59. The number of nitrogens with zero attached hydrogens (tertiary/aromatic N) is 1. The van der Waals surface area contributed by atoms with E-state index in [0.29, 0.717) is 25.1 Å². The van der Waals surface area contributed by atoms with Crippen LogP contribution in [0.4, 0.5) is 0 Å². The standard InChI is InChI=1S/C23H29N3O5/c24-21(29)18-9-2-1-8-17(18)16-7-5-6-15(10-11-16)14-25-22(30)19(27)20(28)23(31)26-12-3-4-13-26/h5-6,8-11,19-20,27-28H,1-4,7,12-14H2,(H2,24,29)(H,25,30). The number of amides is 3. The van der Waals surface area contributed by atoms with Crippen LogP contribution in [0.3, 0.4) is 0 Å². The summed E-state index contributed by atoms with van der Waals surface area (Å²) < 4.78 is 0. The third-order valence-corrected chi connectivity index (χ3v) is 5.64. The van der Waals surface area contributed by atoms with Crippen molar-refractivity contribution in [1.29, 1.82) is 0 Å². The molecule has 2 atom stereocenters. The van der Waals surface area contributed by atoms with E-state index in [2.05, 4.69) is 5.32 Å². The largest absolute Gasteiger partial charge is 0.380 e. The predicted octanol–water partition coefficient (Wildman–Crippen LogP) is 0.391. The number of hydrogen-bond donors (Lipinski definition) is 4. The summed E-state index contributed by atoms with van der Waals surface area (Å²) in [4.78, 5) is 37.6. The molecule has 2 aliphatic carbocycles. The van der Waals surface area contributed by atoms with E-state index in [-0.39, 0.29) is 6.54 Å². The Morgan fingerprint density at radius 3 is 2.48 bits per heavy atom. The van der Waals surface area contributed by atoms with Crippen molar-refractivity contribution in [2.75, 3.05) is 19.6 Å². The Morgan fingerprint density at radius 1 is 1.06 bits per heavy atom. The summed E-state index contributed by atoms with van der Waals surface area (Å²) in [5.74, 6) is -1.88. The summed E-state index contributed by atoms with van der Waals surface area (Å²) in [7, 11) is 0. The van der Waals surface area contributed by atoms with Crippen LogP contribution in [0.5, 0.6) is 0 Å². The average Bonchev–Trinajstić information content (AvgIpc) is 3.21. The third-order valence-electron chi connectivity index (χ3n) is 5.64. The van der Waals surface area contributed by atoms with E-state index in [1.54, 1.807) is 0 Å². The first-order chi connectivity index (χ1) is 14.9. The number of nitrogens with two attached hydrogens (primary N) is 1. The molecule has 2 unspecified atom stereocenters. The first-order valence-electron chi connectivity index (χ1n) is 10.6. The quantitative estimate of drug-likeness (QED) is 0.467. The maximum atomic E-state index is 12.2. The van der Waals surface area contributed by atoms with Crippen molar-refractivity contribution in [1.82, 2.24) is 10.2 Å². The first kappa shape index (κ1) is 22.7. The fourth-order valence-electron chi connectivity index (χ4n) is 3.90. The lowest BCUT2D eigenvalue weighted by molar-refractivity contribution is -0.152. The van der Waals surface area contributed by atoms with E-state index < -0.39 is 29.9 Å². The van der Waals surface area contributed by atoms with Crippen LogP contribution in [0.2, 0.25) is 0 Å². The highest BCUT2D eigenvalue weighted by Crippen LogP contribution is 2.29. The van der Waals surface area contributed by atoms with Gasteiger partial charge in [0, 0.05) is 25.2 Å². The number of allylic oxidation sites excluding steroid dienone is 6. The van der Waals surface area contributed by atoms with Gasteiger partial charge >= 0.3 is 0 Å². The van der Waals surface area contributed by atoms with Gasteiger partial charge in [0.2, 0.25) is 5.91 Å². The Balaban J connectivity index is 1.59. The monoisotopic (exact) mass is 427 g/mol. The Kier molecular flexibility index (Phi) is 7.59. The molecule has 3 amide bonds. The van der Waals surface area contributed by atoms with Crippen molar-refractivity contribution >= 4 is 17.7 Å². The van der Waals surface area contributed by atoms with Crippen LogP contribution >= 0.6 is 0 Å². The second-order valence-corrected chi connectivity index (χ2v) is 7.86. The minimum Gasteiger partial charge on any atom is -0.380 e. The number of carbonyl (C=O) groups is 3. The summed E-state index contributed by atoms with van der Waals surface area (Å²) >= 11 is 0. The highest BCUT2D eigenvalue weighted by atomic mass is 16.3. The van der Waals surface area contributed by atoms with Gasteiger partial charge in [-0.2, -0.15) is 0 Å². The maximum Gasteiger partial charge on any atom is 0.254 e. The lowest BCUT2D eigenvalue weighted by Crippen LogP contribution is -2.50. The normalized spacial score (nSPS) is 20.6. The Bertz CT molecular complexity index is 891. The molecule has 5 N–H and O–H groups in total. The number of aliphatic hydroxyl groups excluding tert-OH is 2. The molecule has 166 valence electrons. The van der Waals surface area contributed by atoms with Crippen LogP contribution in [-0.4, -0.2) is 64.7 Å². The van der Waals surface area contributed by atoms with Crippen LogP contribution in [-0.2, 0) is 14.4 Å². The number of likely N-dealkylation sites (tertiary alicyclic amines) is 1. The summed E-state index contributed by atoms with van der Waals surface area (Å²) in [6.07, 6.45) is 11.7. The molecule has 3 aliphatic rings. The summed E-state index contributed by atoms with van der Waals surface area (Å²) in [6.45, 7) is 1.18. The Labute approximate surface area is 181 Å². The summed E-state index contributed by atoms with van der Waals surface area (Å²) in [5, 5.41) is 22.7. The molecule has 1 heterocycles. The van der Waals surface area contributed by atoms with E-state index in [1.807, 2.05) is 36.5 Å². The molecule has 3 rings (SSSR count). The fraction of sp³-hybridized carbons (Fsp3) is 0.435. The first-order valence-corrected chi connectivity index (χ1v) is 10.6. The van der Waals surface area contributed by atoms with Crippen molar-refractivity contribution in [2.45, 2.75) is 44.3 Å². The highest BCUT2D eigenvalue weighted by molar-refractivity contribution is 5.98. The molecular formula is C23H29N3O5. The van der Waals surface area contributed by atoms with Crippen molar-refractivity contribution in [3.8, 4) is 0 Å². The zero-order valence-corrected chi connectivity index (χ0v) is 17.4. The Morgan fingerprint density at radius 2 is 1.77 bits per heavy atom. The Hall–Kier alpha value is -2.97. The number of carbonyl (C=O) groups excluding carboxylic acids is 3. The molecule has 1 aliphatic heterocycles. The number of aliphatic hydroxyl groups is 2. The molecule has 0 radical (unpaired) electrons. The van der Waals surface area contributed by atoms with Crippen LogP contribution in [0.15, 0.2) is 58.7 Å². The van der Waals surface area contributed by atoms with Gasteiger partial charge in [-0.3, -0.25) is 14.4 Å². The number of rotatable bonds is 7.